The lowest BCUT2D eigenvalue weighted by molar-refractivity contribution is 0.0332. The van der Waals surface area contributed by atoms with Gasteiger partial charge in [-0.25, -0.2) is 0 Å². The fraction of sp³-hybridized carbons (Fsp3) is 0.300. The Morgan fingerprint density at radius 3 is 2.44 bits per heavy atom. The SMILES string of the molecule is N#Cc1ccc(C(=O)N[C@H](CN2CCOCC2)c2ccccc2)cc1. The Kier molecular flexibility index (Phi) is 5.78. The van der Waals surface area contributed by atoms with E-state index in [9.17, 15) is 4.79 Å². The average molecular weight is 335 g/mol. The largest absolute Gasteiger partial charge is 0.379 e. The van der Waals surface area contributed by atoms with Crippen LogP contribution in [0.4, 0.5) is 0 Å². The summed E-state index contributed by atoms with van der Waals surface area (Å²) in [6.45, 7) is 3.94. The number of ether oxygens (including phenoxy) is 1. The van der Waals surface area contributed by atoms with E-state index in [2.05, 4.69) is 16.3 Å². The molecule has 0 saturated carbocycles. The van der Waals surface area contributed by atoms with E-state index >= 15 is 0 Å². The van der Waals surface area contributed by atoms with E-state index in [-0.39, 0.29) is 11.9 Å². The Bertz CT molecular complexity index is 732. The molecule has 1 aliphatic heterocycles. The number of nitrogens with one attached hydrogen (secondary N) is 1. The van der Waals surface area contributed by atoms with Crippen molar-refractivity contribution in [2.24, 2.45) is 0 Å². The van der Waals surface area contributed by atoms with Crippen LogP contribution in [0.3, 0.4) is 0 Å². The van der Waals surface area contributed by atoms with Gasteiger partial charge in [-0.05, 0) is 29.8 Å². The van der Waals surface area contributed by atoms with E-state index in [0.29, 0.717) is 11.1 Å². The molecule has 1 amide bonds. The lowest BCUT2D eigenvalue weighted by atomic mass is 10.0. The molecule has 1 heterocycles. The first kappa shape index (κ1) is 17.2. The number of rotatable bonds is 5. The van der Waals surface area contributed by atoms with Crippen LogP contribution in [-0.2, 0) is 4.74 Å². The van der Waals surface area contributed by atoms with Crippen molar-refractivity contribution in [3.63, 3.8) is 0 Å². The number of hydrogen-bond acceptors (Lipinski definition) is 4. The minimum absolute atomic E-state index is 0.0950. The highest BCUT2D eigenvalue weighted by Gasteiger charge is 2.20. The number of carbonyl (C=O) groups excluding carboxylic acids is 1. The van der Waals surface area contributed by atoms with Gasteiger partial charge in [-0.3, -0.25) is 9.69 Å². The zero-order valence-electron chi connectivity index (χ0n) is 14.0. The molecular formula is C20H21N3O2. The summed E-state index contributed by atoms with van der Waals surface area (Å²) in [5, 5.41) is 12.0. The highest BCUT2D eigenvalue weighted by molar-refractivity contribution is 5.94. The Labute approximate surface area is 147 Å². The molecule has 25 heavy (non-hydrogen) atoms. The van der Waals surface area contributed by atoms with Gasteiger partial charge < -0.3 is 10.1 Å². The maximum Gasteiger partial charge on any atom is 0.251 e. The third kappa shape index (κ3) is 4.66. The van der Waals surface area contributed by atoms with Gasteiger partial charge in [0, 0.05) is 25.2 Å². The van der Waals surface area contributed by atoms with Gasteiger partial charge in [0.1, 0.15) is 0 Å². The van der Waals surface area contributed by atoms with Gasteiger partial charge in [0.15, 0.2) is 0 Å². The van der Waals surface area contributed by atoms with Crippen molar-refractivity contribution >= 4 is 5.91 Å². The predicted octanol–water partition coefficient (Wildman–Crippen LogP) is 2.36. The van der Waals surface area contributed by atoms with Crippen molar-refractivity contribution in [2.75, 3.05) is 32.8 Å². The molecule has 0 radical (unpaired) electrons. The molecule has 2 aromatic carbocycles. The van der Waals surface area contributed by atoms with Gasteiger partial charge in [-0.2, -0.15) is 5.26 Å². The van der Waals surface area contributed by atoms with Crippen LogP contribution < -0.4 is 5.32 Å². The minimum atomic E-state index is -0.133. The number of morpholine rings is 1. The van der Waals surface area contributed by atoms with E-state index in [4.69, 9.17) is 10.00 Å². The molecule has 0 unspecified atom stereocenters. The molecule has 0 bridgehead atoms. The molecule has 5 nitrogen and oxygen atoms in total. The van der Waals surface area contributed by atoms with Crippen molar-refractivity contribution in [1.29, 1.82) is 5.26 Å². The molecule has 128 valence electrons. The fourth-order valence-electron chi connectivity index (χ4n) is 2.90. The Balaban J connectivity index is 1.74. The van der Waals surface area contributed by atoms with Crippen molar-refractivity contribution in [1.82, 2.24) is 10.2 Å². The number of nitrogens with zero attached hydrogens (tertiary/aromatic N) is 2. The third-order valence-corrected chi connectivity index (χ3v) is 4.33. The van der Waals surface area contributed by atoms with E-state index in [0.717, 1.165) is 38.4 Å². The molecule has 1 N–H and O–H groups in total. The zero-order valence-corrected chi connectivity index (χ0v) is 14.0. The molecule has 0 aliphatic carbocycles. The molecule has 3 rings (SSSR count). The fourth-order valence-corrected chi connectivity index (χ4v) is 2.90. The van der Waals surface area contributed by atoms with E-state index in [1.807, 2.05) is 30.3 Å². The summed E-state index contributed by atoms with van der Waals surface area (Å²) in [4.78, 5) is 14.9. The van der Waals surface area contributed by atoms with Crippen LogP contribution >= 0.6 is 0 Å². The van der Waals surface area contributed by atoms with Crippen LogP contribution in [0.25, 0.3) is 0 Å². The quantitative estimate of drug-likeness (QED) is 0.911. The van der Waals surface area contributed by atoms with Crippen molar-refractivity contribution in [3.05, 3.63) is 71.3 Å². The van der Waals surface area contributed by atoms with Gasteiger partial charge in [0.05, 0.1) is 30.9 Å². The smallest absolute Gasteiger partial charge is 0.251 e. The maximum atomic E-state index is 12.6. The topological polar surface area (TPSA) is 65.4 Å². The number of hydrogen-bond donors (Lipinski definition) is 1. The van der Waals surface area contributed by atoms with Crippen LogP contribution in [0, 0.1) is 11.3 Å². The second kappa shape index (κ2) is 8.43. The summed E-state index contributed by atoms with van der Waals surface area (Å²) in [5.74, 6) is -0.133. The Morgan fingerprint density at radius 1 is 1.12 bits per heavy atom. The number of benzene rings is 2. The Hall–Kier alpha value is -2.68. The van der Waals surface area contributed by atoms with Gasteiger partial charge in [-0.1, -0.05) is 30.3 Å². The van der Waals surface area contributed by atoms with E-state index in [1.54, 1.807) is 24.3 Å². The number of carbonyl (C=O) groups is 1. The van der Waals surface area contributed by atoms with E-state index in [1.165, 1.54) is 0 Å². The molecule has 1 aliphatic rings. The highest BCUT2D eigenvalue weighted by atomic mass is 16.5. The van der Waals surface area contributed by atoms with Gasteiger partial charge >= 0.3 is 0 Å². The molecular weight excluding hydrogens is 314 g/mol. The lowest BCUT2D eigenvalue weighted by Gasteiger charge is -2.31. The average Bonchev–Trinajstić information content (AvgIpc) is 2.69. The molecule has 2 aromatic rings. The Morgan fingerprint density at radius 2 is 1.80 bits per heavy atom. The summed E-state index contributed by atoms with van der Waals surface area (Å²) >= 11 is 0. The predicted molar refractivity (Wildman–Crippen MR) is 95.1 cm³/mol. The summed E-state index contributed by atoms with van der Waals surface area (Å²) in [6, 6.07) is 18.7. The van der Waals surface area contributed by atoms with E-state index < -0.39 is 0 Å². The first-order valence-corrected chi connectivity index (χ1v) is 8.42. The van der Waals surface area contributed by atoms with Gasteiger partial charge in [0.2, 0.25) is 0 Å². The number of nitriles is 1. The summed E-state index contributed by atoms with van der Waals surface area (Å²) in [7, 11) is 0. The monoisotopic (exact) mass is 335 g/mol. The zero-order chi connectivity index (χ0) is 17.5. The van der Waals surface area contributed by atoms with Crippen molar-refractivity contribution in [2.45, 2.75) is 6.04 Å². The van der Waals surface area contributed by atoms with Crippen LogP contribution in [0.15, 0.2) is 54.6 Å². The summed E-state index contributed by atoms with van der Waals surface area (Å²) < 4.78 is 5.40. The van der Waals surface area contributed by atoms with Crippen molar-refractivity contribution < 1.29 is 9.53 Å². The molecule has 5 heteroatoms. The standard InChI is InChI=1S/C20H21N3O2/c21-14-16-6-8-18(9-7-16)20(24)22-19(17-4-2-1-3-5-17)15-23-10-12-25-13-11-23/h1-9,19H,10-13,15H2,(H,22,24)/t19-/m1/s1. The van der Waals surface area contributed by atoms with Crippen LogP contribution in [0.2, 0.25) is 0 Å². The summed E-state index contributed by atoms with van der Waals surface area (Å²) in [5.41, 5.74) is 2.18. The second-order valence-corrected chi connectivity index (χ2v) is 6.04. The molecule has 0 spiro atoms. The van der Waals surface area contributed by atoms with Crippen LogP contribution in [0.1, 0.15) is 27.5 Å². The summed E-state index contributed by atoms with van der Waals surface area (Å²) in [6.07, 6.45) is 0. The maximum absolute atomic E-state index is 12.6. The molecule has 1 atom stereocenters. The second-order valence-electron chi connectivity index (χ2n) is 6.04. The minimum Gasteiger partial charge on any atom is -0.379 e. The first-order chi connectivity index (χ1) is 12.3. The third-order valence-electron chi connectivity index (χ3n) is 4.33. The first-order valence-electron chi connectivity index (χ1n) is 8.42. The molecule has 1 fully saturated rings. The van der Waals surface area contributed by atoms with Crippen LogP contribution in [-0.4, -0.2) is 43.7 Å². The number of amides is 1. The normalized spacial score (nSPS) is 16.0. The molecule has 1 saturated heterocycles. The van der Waals surface area contributed by atoms with Crippen molar-refractivity contribution in [3.8, 4) is 6.07 Å². The highest BCUT2D eigenvalue weighted by Crippen LogP contribution is 2.16. The van der Waals surface area contributed by atoms with Crippen LogP contribution in [0.5, 0.6) is 0 Å². The molecule has 0 aromatic heterocycles. The van der Waals surface area contributed by atoms with Gasteiger partial charge in [-0.15, -0.1) is 0 Å². The lowest BCUT2D eigenvalue weighted by Crippen LogP contribution is -2.43. The van der Waals surface area contributed by atoms with Gasteiger partial charge in [0.25, 0.3) is 5.91 Å².